The summed E-state index contributed by atoms with van der Waals surface area (Å²) in [6.07, 6.45) is 0.982. The SMILES string of the molecule is CC(c1nc(-c2ccc(Cl)cc2)no1)N1CCC(N)C(C)(C)C1.Cl. The van der Waals surface area contributed by atoms with Crippen molar-refractivity contribution in [2.24, 2.45) is 11.1 Å². The van der Waals surface area contributed by atoms with E-state index < -0.39 is 0 Å². The predicted molar refractivity (Wildman–Crippen MR) is 98.4 cm³/mol. The normalized spacial score (nSPS) is 22.0. The summed E-state index contributed by atoms with van der Waals surface area (Å²) in [6, 6.07) is 7.75. The van der Waals surface area contributed by atoms with Crippen LogP contribution in [0.1, 0.15) is 39.1 Å². The molecular formula is C17H24Cl2N4O. The van der Waals surface area contributed by atoms with Gasteiger partial charge in [-0.25, -0.2) is 0 Å². The van der Waals surface area contributed by atoms with Gasteiger partial charge >= 0.3 is 0 Å². The number of nitrogens with zero attached hydrogens (tertiary/aromatic N) is 3. The first-order valence-electron chi connectivity index (χ1n) is 7.96. The Kier molecular flexibility index (Phi) is 5.91. The maximum absolute atomic E-state index is 6.22. The zero-order valence-corrected chi connectivity index (χ0v) is 15.8. The maximum atomic E-state index is 6.22. The lowest BCUT2D eigenvalue weighted by atomic mass is 9.79. The first-order chi connectivity index (χ1) is 10.9. The van der Waals surface area contributed by atoms with Crippen LogP contribution in [0.5, 0.6) is 0 Å². The van der Waals surface area contributed by atoms with E-state index in [-0.39, 0.29) is 29.9 Å². The molecule has 24 heavy (non-hydrogen) atoms. The number of hydrogen-bond acceptors (Lipinski definition) is 5. The van der Waals surface area contributed by atoms with Crippen molar-refractivity contribution >= 4 is 24.0 Å². The largest absolute Gasteiger partial charge is 0.337 e. The van der Waals surface area contributed by atoms with Crippen molar-refractivity contribution in [3.63, 3.8) is 0 Å². The molecule has 0 radical (unpaired) electrons. The van der Waals surface area contributed by atoms with Crippen LogP contribution >= 0.6 is 24.0 Å². The number of halogens is 2. The molecule has 1 aromatic carbocycles. The molecule has 1 aliphatic rings. The van der Waals surface area contributed by atoms with Crippen molar-refractivity contribution in [3.8, 4) is 11.4 Å². The van der Waals surface area contributed by atoms with Crippen LogP contribution in [-0.4, -0.2) is 34.2 Å². The molecule has 132 valence electrons. The minimum Gasteiger partial charge on any atom is -0.337 e. The highest BCUT2D eigenvalue weighted by molar-refractivity contribution is 6.30. The van der Waals surface area contributed by atoms with Gasteiger partial charge in [-0.15, -0.1) is 12.4 Å². The summed E-state index contributed by atoms with van der Waals surface area (Å²) < 4.78 is 5.49. The number of nitrogens with two attached hydrogens (primary N) is 1. The van der Waals surface area contributed by atoms with E-state index in [2.05, 4.69) is 35.8 Å². The van der Waals surface area contributed by atoms with Crippen molar-refractivity contribution in [2.45, 2.75) is 39.3 Å². The molecule has 0 bridgehead atoms. The van der Waals surface area contributed by atoms with Gasteiger partial charge in [-0.05, 0) is 43.0 Å². The predicted octanol–water partition coefficient (Wildman–Crippen LogP) is 3.93. The minimum absolute atomic E-state index is 0. The zero-order chi connectivity index (χ0) is 16.6. The number of aromatic nitrogens is 2. The molecule has 0 spiro atoms. The average Bonchev–Trinajstić information content (AvgIpc) is 3.00. The summed E-state index contributed by atoms with van der Waals surface area (Å²) in [4.78, 5) is 6.92. The van der Waals surface area contributed by atoms with Gasteiger partial charge in [0.1, 0.15) is 0 Å². The summed E-state index contributed by atoms with van der Waals surface area (Å²) in [6.45, 7) is 8.40. The van der Waals surface area contributed by atoms with Crippen LogP contribution in [0.15, 0.2) is 28.8 Å². The molecule has 7 heteroatoms. The fourth-order valence-corrected chi connectivity index (χ4v) is 3.15. The Labute approximate surface area is 154 Å². The fraction of sp³-hybridized carbons (Fsp3) is 0.529. The molecule has 0 aliphatic carbocycles. The third kappa shape index (κ3) is 3.91. The lowest BCUT2D eigenvalue weighted by Gasteiger charge is -2.44. The summed E-state index contributed by atoms with van der Waals surface area (Å²) >= 11 is 5.91. The highest BCUT2D eigenvalue weighted by Gasteiger charge is 2.36. The third-order valence-electron chi connectivity index (χ3n) is 4.79. The molecule has 1 aromatic heterocycles. The molecule has 0 saturated carbocycles. The Morgan fingerprint density at radius 2 is 2.00 bits per heavy atom. The average molecular weight is 371 g/mol. The standard InChI is InChI=1S/C17H23ClN4O.ClH/c1-11(22-9-8-14(19)17(2,3)10-22)16-20-15(21-23-16)12-4-6-13(18)7-5-12;/h4-7,11,14H,8-10,19H2,1-3H3;1H. The van der Waals surface area contributed by atoms with Gasteiger partial charge in [0.2, 0.25) is 11.7 Å². The maximum Gasteiger partial charge on any atom is 0.244 e. The topological polar surface area (TPSA) is 68.2 Å². The van der Waals surface area contributed by atoms with Gasteiger partial charge in [0.15, 0.2) is 0 Å². The van der Waals surface area contributed by atoms with Crippen molar-refractivity contribution in [3.05, 3.63) is 35.2 Å². The van der Waals surface area contributed by atoms with Crippen LogP contribution in [-0.2, 0) is 0 Å². The van der Waals surface area contributed by atoms with E-state index >= 15 is 0 Å². The second kappa shape index (κ2) is 7.40. The van der Waals surface area contributed by atoms with Crippen molar-refractivity contribution in [1.82, 2.24) is 15.0 Å². The molecule has 5 nitrogen and oxygen atoms in total. The van der Waals surface area contributed by atoms with Crippen molar-refractivity contribution < 1.29 is 4.52 Å². The van der Waals surface area contributed by atoms with E-state index in [9.17, 15) is 0 Å². The molecule has 1 fully saturated rings. The Hall–Kier alpha value is -1.14. The monoisotopic (exact) mass is 370 g/mol. The minimum atomic E-state index is 0. The van der Waals surface area contributed by atoms with Gasteiger partial charge in [-0.2, -0.15) is 4.98 Å². The first kappa shape index (κ1) is 19.2. The summed E-state index contributed by atoms with van der Waals surface area (Å²) in [5, 5.41) is 4.80. The number of rotatable bonds is 3. The summed E-state index contributed by atoms with van der Waals surface area (Å²) in [5.74, 6) is 1.23. The van der Waals surface area contributed by atoms with Gasteiger partial charge in [0, 0.05) is 29.7 Å². The van der Waals surface area contributed by atoms with Gasteiger partial charge in [-0.3, -0.25) is 4.90 Å². The fourth-order valence-electron chi connectivity index (χ4n) is 3.02. The van der Waals surface area contributed by atoms with Gasteiger partial charge in [-0.1, -0.05) is 30.6 Å². The Morgan fingerprint density at radius 3 is 2.62 bits per heavy atom. The quantitative estimate of drug-likeness (QED) is 0.885. The van der Waals surface area contributed by atoms with E-state index in [1.165, 1.54) is 0 Å². The van der Waals surface area contributed by atoms with Crippen LogP contribution < -0.4 is 5.73 Å². The van der Waals surface area contributed by atoms with Crippen molar-refractivity contribution in [2.75, 3.05) is 13.1 Å². The van der Waals surface area contributed by atoms with E-state index in [4.69, 9.17) is 21.9 Å². The van der Waals surface area contributed by atoms with Crippen LogP contribution in [0.2, 0.25) is 5.02 Å². The van der Waals surface area contributed by atoms with E-state index in [1.54, 1.807) is 0 Å². The lowest BCUT2D eigenvalue weighted by Crippen LogP contribution is -2.52. The second-order valence-electron chi connectivity index (χ2n) is 6.99. The first-order valence-corrected chi connectivity index (χ1v) is 8.34. The molecule has 0 amide bonds. The van der Waals surface area contributed by atoms with Crippen LogP contribution in [0.3, 0.4) is 0 Å². The van der Waals surface area contributed by atoms with E-state index in [0.717, 1.165) is 25.1 Å². The Bertz CT molecular complexity index is 671. The third-order valence-corrected chi connectivity index (χ3v) is 5.04. The molecule has 2 atom stereocenters. The Morgan fingerprint density at radius 1 is 1.33 bits per heavy atom. The summed E-state index contributed by atoms with van der Waals surface area (Å²) in [5.41, 5.74) is 7.21. The second-order valence-corrected chi connectivity index (χ2v) is 7.43. The van der Waals surface area contributed by atoms with E-state index in [1.807, 2.05) is 24.3 Å². The molecule has 2 aromatic rings. The Balaban J connectivity index is 0.00000208. The van der Waals surface area contributed by atoms with Crippen LogP contribution in [0, 0.1) is 5.41 Å². The van der Waals surface area contributed by atoms with Gasteiger partial charge in [0.05, 0.1) is 6.04 Å². The number of benzene rings is 1. The molecule has 3 rings (SSSR count). The molecule has 1 aliphatic heterocycles. The smallest absolute Gasteiger partial charge is 0.244 e. The lowest BCUT2D eigenvalue weighted by molar-refractivity contribution is 0.0549. The molecule has 1 saturated heterocycles. The van der Waals surface area contributed by atoms with Crippen LogP contribution in [0.4, 0.5) is 0 Å². The van der Waals surface area contributed by atoms with E-state index in [0.29, 0.717) is 16.7 Å². The number of hydrogen-bond donors (Lipinski definition) is 1. The highest BCUT2D eigenvalue weighted by atomic mass is 35.5. The molecule has 2 N–H and O–H groups in total. The van der Waals surface area contributed by atoms with Gasteiger partial charge in [0.25, 0.3) is 0 Å². The van der Waals surface area contributed by atoms with Crippen LogP contribution in [0.25, 0.3) is 11.4 Å². The highest BCUT2D eigenvalue weighted by Crippen LogP contribution is 2.33. The molecule has 2 heterocycles. The number of piperidine rings is 1. The molecular weight excluding hydrogens is 347 g/mol. The molecule has 2 unspecified atom stereocenters. The van der Waals surface area contributed by atoms with Crippen molar-refractivity contribution in [1.29, 1.82) is 0 Å². The zero-order valence-electron chi connectivity index (χ0n) is 14.2. The summed E-state index contributed by atoms with van der Waals surface area (Å²) in [7, 11) is 0. The van der Waals surface area contributed by atoms with Gasteiger partial charge < -0.3 is 10.3 Å². The number of likely N-dealkylation sites (tertiary alicyclic amines) is 1.